The summed E-state index contributed by atoms with van der Waals surface area (Å²) in [5.41, 5.74) is 0. The van der Waals surface area contributed by atoms with E-state index in [1.54, 1.807) is 0 Å². The van der Waals surface area contributed by atoms with Crippen molar-refractivity contribution in [1.82, 2.24) is 0 Å². The van der Waals surface area contributed by atoms with Gasteiger partial charge in [-0.15, -0.1) is 0 Å². The number of hydrogen-bond donors (Lipinski definition) is 0. The molecule has 0 N–H and O–H groups in total. The van der Waals surface area contributed by atoms with Gasteiger partial charge in [0, 0.05) is 6.42 Å². The fourth-order valence-electron chi connectivity index (χ4n) is 1.58. The average Bonchev–Trinajstić information content (AvgIpc) is 2.82. The Labute approximate surface area is 78.4 Å². The maximum absolute atomic E-state index is 11.4. The van der Waals surface area contributed by atoms with E-state index in [1.807, 2.05) is 0 Å². The van der Waals surface area contributed by atoms with Crippen LogP contribution in [0.25, 0.3) is 0 Å². The number of rotatable bonds is 5. The lowest BCUT2D eigenvalue weighted by Gasteiger charge is -2.06. The second-order valence-electron chi connectivity index (χ2n) is 3.90. The molecule has 0 spiro atoms. The zero-order valence-corrected chi connectivity index (χ0v) is 7.83. The van der Waals surface area contributed by atoms with Gasteiger partial charge in [-0.1, -0.05) is 12.8 Å². The lowest BCUT2D eigenvalue weighted by Crippen LogP contribution is -2.14. The molecule has 2 aliphatic rings. The Kier molecular flexibility index (Phi) is 2.96. The van der Waals surface area contributed by atoms with Crippen LogP contribution in [0.5, 0.6) is 0 Å². The molecule has 0 aromatic carbocycles. The molecule has 0 aromatic rings. The van der Waals surface area contributed by atoms with Crippen LogP contribution >= 0.6 is 0 Å². The molecule has 0 atom stereocenters. The lowest BCUT2D eigenvalue weighted by molar-refractivity contribution is -0.127. The molecule has 0 radical (unpaired) electrons. The van der Waals surface area contributed by atoms with Crippen molar-refractivity contribution in [3.05, 3.63) is 0 Å². The first-order valence-corrected chi connectivity index (χ1v) is 5.09. The highest BCUT2D eigenvalue weighted by molar-refractivity contribution is 5.78. The van der Waals surface area contributed by atoms with E-state index in [-0.39, 0.29) is 6.29 Å². The maximum atomic E-state index is 11.4. The number of hydrogen-bond acceptors (Lipinski definition) is 3. The van der Waals surface area contributed by atoms with Crippen molar-refractivity contribution in [1.29, 1.82) is 0 Å². The van der Waals surface area contributed by atoms with Gasteiger partial charge in [0.15, 0.2) is 6.29 Å². The lowest BCUT2D eigenvalue weighted by atomic mass is 10.1. The van der Waals surface area contributed by atoms with Crippen LogP contribution in [0.15, 0.2) is 0 Å². The number of Topliss-reactive ketones (excluding diaryl/α,β-unsaturated/α-hetero) is 1. The summed E-state index contributed by atoms with van der Waals surface area (Å²) < 4.78 is 10.4. The van der Waals surface area contributed by atoms with E-state index in [0.29, 0.717) is 31.8 Å². The highest BCUT2D eigenvalue weighted by Gasteiger charge is 2.24. The van der Waals surface area contributed by atoms with Gasteiger partial charge in [-0.2, -0.15) is 0 Å². The van der Waals surface area contributed by atoms with E-state index in [1.165, 1.54) is 12.8 Å². The monoisotopic (exact) mass is 184 g/mol. The van der Waals surface area contributed by atoms with Crippen molar-refractivity contribution in [3.8, 4) is 0 Å². The van der Waals surface area contributed by atoms with Crippen molar-refractivity contribution >= 4 is 5.78 Å². The third-order valence-electron chi connectivity index (χ3n) is 2.61. The minimum atomic E-state index is -0.244. The first-order valence-electron chi connectivity index (χ1n) is 5.09. The van der Waals surface area contributed by atoms with Crippen molar-refractivity contribution in [2.24, 2.45) is 5.92 Å². The molecular weight excluding hydrogens is 168 g/mol. The fourth-order valence-corrected chi connectivity index (χ4v) is 1.58. The minimum Gasteiger partial charge on any atom is -0.350 e. The molecule has 1 saturated carbocycles. The summed E-state index contributed by atoms with van der Waals surface area (Å²) in [7, 11) is 0. The normalized spacial score (nSPS) is 23.7. The zero-order valence-electron chi connectivity index (χ0n) is 7.83. The molecule has 0 aromatic heterocycles. The van der Waals surface area contributed by atoms with Crippen LogP contribution < -0.4 is 0 Å². The van der Waals surface area contributed by atoms with E-state index in [9.17, 15) is 4.79 Å². The Balaban J connectivity index is 1.59. The Morgan fingerprint density at radius 3 is 2.54 bits per heavy atom. The topological polar surface area (TPSA) is 35.5 Å². The zero-order chi connectivity index (χ0) is 9.10. The number of carbonyl (C=O) groups is 1. The van der Waals surface area contributed by atoms with Gasteiger partial charge < -0.3 is 9.47 Å². The largest absolute Gasteiger partial charge is 0.350 e. The molecular formula is C10H16O3. The number of ether oxygens (including phenoxy) is 2. The van der Waals surface area contributed by atoms with Crippen molar-refractivity contribution in [2.45, 2.75) is 38.4 Å². The summed E-state index contributed by atoms with van der Waals surface area (Å²) in [6, 6.07) is 0. The quantitative estimate of drug-likeness (QED) is 0.649. The van der Waals surface area contributed by atoms with Crippen LogP contribution in [-0.4, -0.2) is 25.3 Å². The van der Waals surface area contributed by atoms with Crippen LogP contribution in [0.2, 0.25) is 0 Å². The first kappa shape index (κ1) is 9.16. The predicted octanol–water partition coefficient (Wildman–Crippen LogP) is 1.51. The number of carbonyl (C=O) groups excluding carboxylic acids is 1. The molecule has 2 rings (SSSR count). The summed E-state index contributed by atoms with van der Waals surface area (Å²) in [5.74, 6) is 1.13. The smallest absolute Gasteiger partial charge is 0.164 e. The second kappa shape index (κ2) is 4.20. The van der Waals surface area contributed by atoms with E-state index in [2.05, 4.69) is 0 Å². The highest BCUT2D eigenvalue weighted by Crippen LogP contribution is 2.33. The molecule has 1 aliphatic carbocycles. The van der Waals surface area contributed by atoms with E-state index in [4.69, 9.17) is 9.47 Å². The third-order valence-corrected chi connectivity index (χ3v) is 2.61. The van der Waals surface area contributed by atoms with Crippen molar-refractivity contribution < 1.29 is 14.3 Å². The van der Waals surface area contributed by atoms with Gasteiger partial charge in [0.05, 0.1) is 19.6 Å². The van der Waals surface area contributed by atoms with E-state index >= 15 is 0 Å². The molecule has 74 valence electrons. The molecule has 0 bridgehead atoms. The van der Waals surface area contributed by atoms with E-state index in [0.717, 1.165) is 12.3 Å². The SMILES string of the molecule is O=C(CCC1CC1)CC1OCCO1. The van der Waals surface area contributed by atoms with Crippen LogP contribution in [0.4, 0.5) is 0 Å². The minimum absolute atomic E-state index is 0.244. The predicted molar refractivity (Wildman–Crippen MR) is 47.3 cm³/mol. The summed E-state index contributed by atoms with van der Waals surface area (Å²) in [4.78, 5) is 11.4. The van der Waals surface area contributed by atoms with Crippen LogP contribution in [0, 0.1) is 5.92 Å². The molecule has 13 heavy (non-hydrogen) atoms. The summed E-state index contributed by atoms with van der Waals surface area (Å²) in [6.45, 7) is 1.28. The van der Waals surface area contributed by atoms with Gasteiger partial charge in [0.2, 0.25) is 0 Å². The Morgan fingerprint density at radius 1 is 1.23 bits per heavy atom. The van der Waals surface area contributed by atoms with Crippen LogP contribution in [0.1, 0.15) is 32.1 Å². The molecule has 0 unspecified atom stereocenters. The molecule has 0 amide bonds. The highest BCUT2D eigenvalue weighted by atomic mass is 16.7. The molecule has 3 nitrogen and oxygen atoms in total. The van der Waals surface area contributed by atoms with E-state index < -0.39 is 0 Å². The average molecular weight is 184 g/mol. The Hall–Kier alpha value is -0.410. The Bertz CT molecular complexity index is 181. The first-order chi connectivity index (χ1) is 6.34. The summed E-state index contributed by atoms with van der Waals surface area (Å²) >= 11 is 0. The molecule has 1 heterocycles. The van der Waals surface area contributed by atoms with Crippen LogP contribution in [0.3, 0.4) is 0 Å². The maximum Gasteiger partial charge on any atom is 0.164 e. The number of ketones is 1. The van der Waals surface area contributed by atoms with Gasteiger partial charge in [0.25, 0.3) is 0 Å². The van der Waals surface area contributed by atoms with Crippen molar-refractivity contribution in [3.63, 3.8) is 0 Å². The summed E-state index contributed by atoms with van der Waals surface area (Å²) in [6.07, 6.45) is 4.64. The van der Waals surface area contributed by atoms with Crippen LogP contribution in [-0.2, 0) is 14.3 Å². The van der Waals surface area contributed by atoms with Gasteiger partial charge in [-0.3, -0.25) is 4.79 Å². The molecule has 1 aliphatic heterocycles. The second-order valence-corrected chi connectivity index (χ2v) is 3.90. The molecule has 2 fully saturated rings. The summed E-state index contributed by atoms with van der Waals surface area (Å²) in [5, 5.41) is 0. The van der Waals surface area contributed by atoms with Gasteiger partial charge in [-0.05, 0) is 12.3 Å². The third kappa shape index (κ3) is 3.08. The molecule has 1 saturated heterocycles. The van der Waals surface area contributed by atoms with Crippen molar-refractivity contribution in [2.75, 3.05) is 13.2 Å². The Morgan fingerprint density at radius 2 is 1.92 bits per heavy atom. The van der Waals surface area contributed by atoms with Gasteiger partial charge in [0.1, 0.15) is 5.78 Å². The van der Waals surface area contributed by atoms with Gasteiger partial charge >= 0.3 is 0 Å². The standard InChI is InChI=1S/C10H16O3/c11-9(4-3-8-1-2-8)7-10-12-5-6-13-10/h8,10H,1-7H2. The van der Waals surface area contributed by atoms with Gasteiger partial charge in [-0.25, -0.2) is 0 Å². The fraction of sp³-hybridized carbons (Fsp3) is 0.900. The molecule has 3 heteroatoms.